The smallest absolute Gasteiger partial charge is 0.0822 e. The maximum Gasteiger partial charge on any atom is 0.0822 e. The molecule has 0 amide bonds. The zero-order valence-electron chi connectivity index (χ0n) is 17.3. The molecule has 0 aromatic heterocycles. The van der Waals surface area contributed by atoms with Crippen molar-refractivity contribution >= 4 is 0 Å². The van der Waals surface area contributed by atoms with Crippen LogP contribution in [0.3, 0.4) is 0 Å². The average Bonchev–Trinajstić information content (AvgIpc) is 2.62. The molecule has 0 bridgehead atoms. The van der Waals surface area contributed by atoms with Gasteiger partial charge < -0.3 is 4.74 Å². The molecule has 1 atom stereocenters. The Kier molecular flexibility index (Phi) is 21.3. The van der Waals surface area contributed by atoms with Crippen LogP contribution in [0.2, 0.25) is 0 Å². The van der Waals surface area contributed by atoms with Gasteiger partial charge in [0.15, 0.2) is 0 Å². The van der Waals surface area contributed by atoms with Gasteiger partial charge in [0.1, 0.15) is 0 Å². The Morgan fingerprint density at radius 3 is 2.12 bits per heavy atom. The lowest BCUT2D eigenvalue weighted by atomic mass is 10.1. The lowest BCUT2D eigenvalue weighted by molar-refractivity contribution is -0.291. The summed E-state index contributed by atoms with van der Waals surface area (Å²) in [4.78, 5) is 9.87. The minimum Gasteiger partial charge on any atom is -0.378 e. The number of allylic oxidation sites excluding steroid dienone is 1. The van der Waals surface area contributed by atoms with Gasteiger partial charge in [-0.25, -0.2) is 9.78 Å². The van der Waals surface area contributed by atoms with Gasteiger partial charge in [-0.3, -0.25) is 0 Å². The summed E-state index contributed by atoms with van der Waals surface area (Å²) in [7, 11) is 0. The molecule has 3 nitrogen and oxygen atoms in total. The Morgan fingerprint density at radius 2 is 1.40 bits per heavy atom. The first-order valence-corrected chi connectivity index (χ1v) is 10.9. The van der Waals surface area contributed by atoms with Gasteiger partial charge in [0.25, 0.3) is 0 Å². The van der Waals surface area contributed by atoms with Crippen LogP contribution >= 0.6 is 0 Å². The molecule has 150 valence electrons. The van der Waals surface area contributed by atoms with Gasteiger partial charge in [0.2, 0.25) is 0 Å². The van der Waals surface area contributed by atoms with Crippen LogP contribution in [0.25, 0.3) is 0 Å². The third kappa shape index (κ3) is 19.8. The molecule has 0 saturated carbocycles. The van der Waals surface area contributed by atoms with E-state index in [1.54, 1.807) is 0 Å². The first-order chi connectivity index (χ1) is 12.3. The van der Waals surface area contributed by atoms with Gasteiger partial charge in [-0.05, 0) is 46.0 Å². The summed E-state index contributed by atoms with van der Waals surface area (Å²) in [6.07, 6.45) is 21.6. The molecule has 0 aliphatic heterocycles. The van der Waals surface area contributed by atoms with Gasteiger partial charge in [0, 0.05) is 6.61 Å². The number of unbranched alkanes of at least 4 members (excludes halogenated alkanes) is 9. The van der Waals surface area contributed by atoms with Crippen molar-refractivity contribution in [1.82, 2.24) is 0 Å². The second kappa shape index (κ2) is 21.7. The van der Waals surface area contributed by atoms with E-state index in [4.69, 9.17) is 14.5 Å². The fourth-order valence-corrected chi connectivity index (χ4v) is 2.94. The number of rotatable bonds is 20. The Bertz CT molecular complexity index is 266. The second-order valence-corrected chi connectivity index (χ2v) is 6.77. The van der Waals surface area contributed by atoms with Crippen LogP contribution in [0.15, 0.2) is 12.2 Å². The first kappa shape index (κ1) is 24.6. The molecule has 0 saturated heterocycles. The van der Waals surface area contributed by atoms with Crippen LogP contribution in [0.5, 0.6) is 0 Å². The fraction of sp³-hybridized carbons (Fsp3) is 0.909. The maximum atomic E-state index is 5.86. The van der Waals surface area contributed by atoms with E-state index in [1.165, 1.54) is 70.6 Å². The Hall–Kier alpha value is -0.380. The van der Waals surface area contributed by atoms with Gasteiger partial charge in [-0.1, -0.05) is 70.4 Å². The van der Waals surface area contributed by atoms with Gasteiger partial charge in [-0.15, -0.1) is 0 Å². The van der Waals surface area contributed by atoms with E-state index in [1.807, 2.05) is 6.92 Å². The molecule has 0 rings (SSSR count). The van der Waals surface area contributed by atoms with Gasteiger partial charge in [-0.2, -0.15) is 0 Å². The minimum atomic E-state index is 0.428. The van der Waals surface area contributed by atoms with Crippen LogP contribution in [0.4, 0.5) is 0 Å². The molecular weight excluding hydrogens is 312 g/mol. The van der Waals surface area contributed by atoms with E-state index in [2.05, 4.69) is 26.0 Å². The lowest BCUT2D eigenvalue weighted by Gasteiger charge is -2.14. The molecule has 0 fully saturated rings. The normalized spacial score (nSPS) is 12.9. The highest BCUT2D eigenvalue weighted by Crippen LogP contribution is 2.13. The Balaban J connectivity index is 3.43. The van der Waals surface area contributed by atoms with Crippen molar-refractivity contribution in [3.8, 4) is 0 Å². The molecule has 0 spiro atoms. The van der Waals surface area contributed by atoms with E-state index in [-0.39, 0.29) is 0 Å². The summed E-state index contributed by atoms with van der Waals surface area (Å²) in [5.41, 5.74) is 0. The van der Waals surface area contributed by atoms with Crippen molar-refractivity contribution in [2.45, 2.75) is 110 Å². The van der Waals surface area contributed by atoms with E-state index in [0.29, 0.717) is 12.7 Å². The highest BCUT2D eigenvalue weighted by Gasteiger charge is 2.05. The van der Waals surface area contributed by atoms with Crippen molar-refractivity contribution < 1.29 is 14.5 Å². The SMILES string of the molecule is CCCCCCC(CC=CCCCCCCCCOOCC)OCC. The third-order valence-electron chi connectivity index (χ3n) is 4.40. The zero-order chi connectivity index (χ0) is 18.4. The van der Waals surface area contributed by atoms with Crippen molar-refractivity contribution in [3.05, 3.63) is 12.2 Å². The predicted molar refractivity (Wildman–Crippen MR) is 108 cm³/mol. The standard InChI is InChI=1S/C22H44O3/c1-4-7-8-16-19-22(23-5-2)20-17-14-12-10-9-11-13-15-18-21-25-24-6-3/h14,17,22H,4-13,15-16,18-21H2,1-3H3. The summed E-state index contributed by atoms with van der Waals surface area (Å²) in [6, 6.07) is 0. The molecule has 0 aliphatic carbocycles. The van der Waals surface area contributed by atoms with Gasteiger partial charge >= 0.3 is 0 Å². The van der Waals surface area contributed by atoms with Crippen molar-refractivity contribution in [2.75, 3.05) is 19.8 Å². The summed E-state index contributed by atoms with van der Waals surface area (Å²) >= 11 is 0. The van der Waals surface area contributed by atoms with Crippen molar-refractivity contribution in [1.29, 1.82) is 0 Å². The third-order valence-corrected chi connectivity index (χ3v) is 4.40. The molecule has 0 aromatic rings. The molecule has 0 aromatic carbocycles. The average molecular weight is 357 g/mol. The Labute approximate surface area is 157 Å². The van der Waals surface area contributed by atoms with Crippen LogP contribution in [-0.2, 0) is 14.5 Å². The summed E-state index contributed by atoms with van der Waals surface area (Å²) in [5.74, 6) is 0. The number of ether oxygens (including phenoxy) is 1. The van der Waals surface area contributed by atoms with E-state index < -0.39 is 0 Å². The van der Waals surface area contributed by atoms with Crippen LogP contribution in [0.1, 0.15) is 104 Å². The van der Waals surface area contributed by atoms with E-state index in [9.17, 15) is 0 Å². The minimum absolute atomic E-state index is 0.428. The molecule has 25 heavy (non-hydrogen) atoms. The second-order valence-electron chi connectivity index (χ2n) is 6.77. The number of hydrogen-bond acceptors (Lipinski definition) is 3. The van der Waals surface area contributed by atoms with Crippen LogP contribution in [-0.4, -0.2) is 25.9 Å². The fourth-order valence-electron chi connectivity index (χ4n) is 2.94. The largest absolute Gasteiger partial charge is 0.378 e. The first-order valence-electron chi connectivity index (χ1n) is 10.9. The van der Waals surface area contributed by atoms with Crippen molar-refractivity contribution in [2.24, 2.45) is 0 Å². The van der Waals surface area contributed by atoms with Crippen LogP contribution < -0.4 is 0 Å². The molecule has 1 unspecified atom stereocenters. The quantitative estimate of drug-likeness (QED) is 0.102. The Morgan fingerprint density at radius 1 is 0.680 bits per heavy atom. The molecule has 0 N–H and O–H groups in total. The van der Waals surface area contributed by atoms with Crippen LogP contribution in [0, 0.1) is 0 Å². The van der Waals surface area contributed by atoms with E-state index in [0.717, 1.165) is 26.1 Å². The topological polar surface area (TPSA) is 27.7 Å². The van der Waals surface area contributed by atoms with Crippen molar-refractivity contribution in [3.63, 3.8) is 0 Å². The summed E-state index contributed by atoms with van der Waals surface area (Å²) in [6.45, 7) is 8.51. The highest BCUT2D eigenvalue weighted by atomic mass is 17.2. The molecular formula is C22H44O3. The molecule has 0 radical (unpaired) electrons. The zero-order valence-corrected chi connectivity index (χ0v) is 17.3. The molecule has 0 heterocycles. The predicted octanol–water partition coefficient (Wildman–Crippen LogP) is 7.01. The summed E-state index contributed by atoms with van der Waals surface area (Å²) in [5, 5.41) is 0. The maximum absolute atomic E-state index is 5.86. The highest BCUT2D eigenvalue weighted by molar-refractivity contribution is 4.84. The monoisotopic (exact) mass is 356 g/mol. The van der Waals surface area contributed by atoms with E-state index >= 15 is 0 Å². The molecule has 3 heteroatoms. The number of hydrogen-bond donors (Lipinski definition) is 0. The molecule has 0 aliphatic rings. The van der Waals surface area contributed by atoms with Gasteiger partial charge in [0.05, 0.1) is 19.3 Å². The lowest BCUT2D eigenvalue weighted by Crippen LogP contribution is -2.11. The summed E-state index contributed by atoms with van der Waals surface area (Å²) < 4.78 is 5.86.